The number of aromatic nitrogens is 2. The van der Waals surface area contributed by atoms with Crippen molar-refractivity contribution in [2.24, 2.45) is 0 Å². The van der Waals surface area contributed by atoms with Crippen molar-refractivity contribution in [1.82, 2.24) is 9.55 Å². The molecule has 26 heavy (non-hydrogen) atoms. The first kappa shape index (κ1) is 15.8. The molecule has 130 valence electrons. The Hall–Kier alpha value is -3.68. The van der Waals surface area contributed by atoms with Crippen molar-refractivity contribution >= 4 is 11.7 Å². The van der Waals surface area contributed by atoms with E-state index in [1.165, 1.54) is 53.1 Å². The van der Waals surface area contributed by atoms with Crippen molar-refractivity contribution in [1.29, 1.82) is 0 Å². The molecule has 0 saturated heterocycles. The van der Waals surface area contributed by atoms with Crippen LogP contribution in [0.15, 0.2) is 53.3 Å². The number of aromatic hydroxyl groups is 1. The first-order valence-electron chi connectivity index (χ1n) is 7.70. The van der Waals surface area contributed by atoms with E-state index in [-0.39, 0.29) is 41.2 Å². The molecule has 0 saturated carbocycles. The zero-order valence-corrected chi connectivity index (χ0v) is 13.3. The Morgan fingerprint density at radius 2 is 1.77 bits per heavy atom. The van der Waals surface area contributed by atoms with Gasteiger partial charge in [0.2, 0.25) is 5.91 Å². The van der Waals surface area contributed by atoms with E-state index in [2.05, 4.69) is 10.3 Å². The molecule has 8 heteroatoms. The minimum Gasteiger partial charge on any atom is -0.508 e. The number of rotatable bonds is 3. The second-order valence-electron chi connectivity index (χ2n) is 5.66. The van der Waals surface area contributed by atoms with Gasteiger partial charge in [0, 0.05) is 0 Å². The Bertz CT molecular complexity index is 1060. The number of benzene rings is 2. The molecule has 1 aromatic heterocycles. The third-order valence-corrected chi connectivity index (χ3v) is 3.87. The predicted octanol–water partition coefficient (Wildman–Crippen LogP) is 2.36. The Kier molecular flexibility index (Phi) is 3.65. The molecular formula is C18H12FN3O4. The van der Waals surface area contributed by atoms with Crippen molar-refractivity contribution in [3.05, 3.63) is 70.3 Å². The summed E-state index contributed by atoms with van der Waals surface area (Å²) in [6, 6.07) is 11.0. The summed E-state index contributed by atoms with van der Waals surface area (Å²) in [6.07, 6.45) is -0.0733. The number of nitrogens with zero attached hydrogens (tertiary/aromatic N) is 2. The quantitative estimate of drug-likeness (QED) is 0.754. The number of amides is 1. The van der Waals surface area contributed by atoms with Crippen LogP contribution in [0.25, 0.3) is 5.69 Å². The molecule has 0 radical (unpaired) electrons. The Morgan fingerprint density at radius 1 is 1.08 bits per heavy atom. The number of halogens is 1. The topological polar surface area (TPSA) is 93.4 Å². The van der Waals surface area contributed by atoms with Gasteiger partial charge >= 0.3 is 6.01 Å². The van der Waals surface area contributed by atoms with Crippen LogP contribution in [0, 0.1) is 5.82 Å². The zero-order valence-electron chi connectivity index (χ0n) is 13.3. The molecule has 1 aliphatic rings. The van der Waals surface area contributed by atoms with Crippen LogP contribution < -0.4 is 15.6 Å². The van der Waals surface area contributed by atoms with Gasteiger partial charge in [-0.2, -0.15) is 4.98 Å². The van der Waals surface area contributed by atoms with Crippen LogP contribution in [0.4, 0.5) is 10.2 Å². The summed E-state index contributed by atoms with van der Waals surface area (Å²) in [4.78, 5) is 28.8. The van der Waals surface area contributed by atoms with Gasteiger partial charge in [-0.25, -0.2) is 8.96 Å². The molecule has 4 rings (SSSR count). The fraction of sp³-hybridized carbons (Fsp3) is 0.0556. The van der Waals surface area contributed by atoms with E-state index < -0.39 is 11.4 Å². The molecule has 1 aliphatic heterocycles. The summed E-state index contributed by atoms with van der Waals surface area (Å²) >= 11 is 0. The first-order valence-corrected chi connectivity index (χ1v) is 7.70. The lowest BCUT2D eigenvalue weighted by atomic mass is 10.2. The van der Waals surface area contributed by atoms with E-state index in [0.29, 0.717) is 5.69 Å². The highest BCUT2D eigenvalue weighted by atomic mass is 19.1. The van der Waals surface area contributed by atoms with Crippen molar-refractivity contribution in [2.45, 2.75) is 6.42 Å². The SMILES string of the molecule is O=C1Cc2c(nc(Oc3ccc(F)cc3)n(-c3ccc(O)cc3)c2=O)N1. The summed E-state index contributed by atoms with van der Waals surface area (Å²) in [5, 5.41) is 12.0. The maximum atomic E-state index is 13.1. The minimum absolute atomic E-state index is 0.0359. The van der Waals surface area contributed by atoms with Crippen LogP contribution in [-0.4, -0.2) is 20.6 Å². The van der Waals surface area contributed by atoms with Crippen LogP contribution in [-0.2, 0) is 11.2 Å². The van der Waals surface area contributed by atoms with E-state index in [4.69, 9.17) is 4.74 Å². The molecule has 7 nitrogen and oxygen atoms in total. The lowest BCUT2D eigenvalue weighted by Crippen LogP contribution is -2.24. The van der Waals surface area contributed by atoms with Crippen LogP contribution >= 0.6 is 0 Å². The fourth-order valence-corrected chi connectivity index (χ4v) is 2.64. The number of phenolic OH excluding ortho intramolecular Hbond substituents is 1. The summed E-state index contributed by atoms with van der Waals surface area (Å²) < 4.78 is 20.0. The van der Waals surface area contributed by atoms with Gasteiger partial charge in [0.25, 0.3) is 5.56 Å². The molecule has 0 unspecified atom stereocenters. The average molecular weight is 353 g/mol. The Labute approximate surface area is 146 Å². The van der Waals surface area contributed by atoms with Gasteiger partial charge < -0.3 is 15.2 Å². The Balaban J connectivity index is 1.88. The smallest absolute Gasteiger partial charge is 0.311 e. The van der Waals surface area contributed by atoms with Gasteiger partial charge in [0.1, 0.15) is 23.1 Å². The summed E-state index contributed by atoms with van der Waals surface area (Å²) in [7, 11) is 0. The largest absolute Gasteiger partial charge is 0.508 e. The maximum absolute atomic E-state index is 13.1. The minimum atomic E-state index is -0.462. The summed E-state index contributed by atoms with van der Waals surface area (Å²) in [5.41, 5.74) is 0.172. The number of fused-ring (bicyclic) bond motifs is 1. The molecule has 2 aromatic carbocycles. The number of carbonyl (C=O) groups excluding carboxylic acids is 1. The van der Waals surface area contributed by atoms with Crippen molar-refractivity contribution in [2.75, 3.05) is 5.32 Å². The molecular weight excluding hydrogens is 341 g/mol. The van der Waals surface area contributed by atoms with Crippen LogP contribution in [0.5, 0.6) is 17.5 Å². The molecule has 0 fully saturated rings. The molecule has 1 amide bonds. The second-order valence-corrected chi connectivity index (χ2v) is 5.66. The van der Waals surface area contributed by atoms with Gasteiger partial charge in [-0.05, 0) is 48.5 Å². The first-order chi connectivity index (χ1) is 12.5. The predicted molar refractivity (Wildman–Crippen MR) is 90.3 cm³/mol. The van der Waals surface area contributed by atoms with E-state index >= 15 is 0 Å². The maximum Gasteiger partial charge on any atom is 0.311 e. The number of hydrogen-bond donors (Lipinski definition) is 2. The normalized spacial score (nSPS) is 12.6. The summed E-state index contributed by atoms with van der Waals surface area (Å²) in [6.45, 7) is 0. The summed E-state index contributed by atoms with van der Waals surface area (Å²) in [5.74, 6) is -0.306. The molecule has 0 aliphatic carbocycles. The van der Waals surface area contributed by atoms with Crippen LogP contribution in [0.2, 0.25) is 0 Å². The number of phenols is 1. The van der Waals surface area contributed by atoms with E-state index in [9.17, 15) is 19.1 Å². The third kappa shape index (κ3) is 2.77. The molecule has 0 bridgehead atoms. The van der Waals surface area contributed by atoms with Crippen molar-refractivity contribution in [3.8, 4) is 23.2 Å². The van der Waals surface area contributed by atoms with E-state index in [1.54, 1.807) is 0 Å². The lowest BCUT2D eigenvalue weighted by Gasteiger charge is -2.14. The third-order valence-electron chi connectivity index (χ3n) is 3.87. The zero-order chi connectivity index (χ0) is 18.3. The molecule has 0 atom stereocenters. The highest BCUT2D eigenvalue weighted by Crippen LogP contribution is 2.27. The molecule has 2 heterocycles. The van der Waals surface area contributed by atoms with Gasteiger partial charge in [-0.15, -0.1) is 0 Å². The Morgan fingerprint density at radius 3 is 2.46 bits per heavy atom. The second kappa shape index (κ2) is 5.99. The van der Waals surface area contributed by atoms with E-state index in [0.717, 1.165) is 0 Å². The van der Waals surface area contributed by atoms with Crippen molar-refractivity contribution < 1.29 is 19.0 Å². The van der Waals surface area contributed by atoms with Crippen LogP contribution in [0.3, 0.4) is 0 Å². The van der Waals surface area contributed by atoms with Crippen LogP contribution in [0.1, 0.15) is 5.56 Å². The van der Waals surface area contributed by atoms with Gasteiger partial charge in [0.15, 0.2) is 0 Å². The van der Waals surface area contributed by atoms with Crippen molar-refractivity contribution in [3.63, 3.8) is 0 Å². The number of ether oxygens (including phenoxy) is 1. The monoisotopic (exact) mass is 353 g/mol. The number of hydrogen-bond acceptors (Lipinski definition) is 5. The molecule has 0 spiro atoms. The number of anilines is 1. The molecule has 2 N–H and O–H groups in total. The van der Waals surface area contributed by atoms with Gasteiger partial charge in [-0.3, -0.25) is 9.59 Å². The van der Waals surface area contributed by atoms with Gasteiger partial charge in [0.05, 0.1) is 17.7 Å². The van der Waals surface area contributed by atoms with E-state index in [1.807, 2.05) is 0 Å². The standard InChI is InChI=1S/C18H12FN3O4/c19-10-1-7-13(8-2-10)26-18-21-16-14(9-15(24)20-16)17(25)22(18)11-3-5-12(23)6-4-11/h1-8,23H,9H2,(H,20,24). The highest BCUT2D eigenvalue weighted by molar-refractivity contribution is 5.97. The fourth-order valence-electron chi connectivity index (χ4n) is 2.64. The lowest BCUT2D eigenvalue weighted by molar-refractivity contribution is -0.115. The number of nitrogens with one attached hydrogen (secondary N) is 1. The molecule has 3 aromatic rings. The average Bonchev–Trinajstić information content (AvgIpc) is 2.99. The van der Waals surface area contributed by atoms with Gasteiger partial charge in [-0.1, -0.05) is 0 Å². The number of carbonyl (C=O) groups is 1. The highest BCUT2D eigenvalue weighted by Gasteiger charge is 2.27.